The summed E-state index contributed by atoms with van der Waals surface area (Å²) < 4.78 is 40.3. The molecular formula is C12H12BrFN2O2S2. The van der Waals surface area contributed by atoms with Gasteiger partial charge in [0.2, 0.25) is 10.0 Å². The lowest BCUT2D eigenvalue weighted by Crippen LogP contribution is -2.23. The molecule has 1 aromatic heterocycles. The van der Waals surface area contributed by atoms with Crippen molar-refractivity contribution < 1.29 is 12.8 Å². The first-order valence-electron chi connectivity index (χ1n) is 5.58. The van der Waals surface area contributed by atoms with Gasteiger partial charge in [-0.2, -0.15) is 0 Å². The molecule has 108 valence electrons. The maximum Gasteiger partial charge on any atom is 0.242 e. The average Bonchev–Trinajstić information content (AvgIpc) is 2.77. The molecule has 0 saturated heterocycles. The second-order valence-corrected chi connectivity index (χ2v) is 7.75. The Bertz CT molecular complexity index is 744. The normalized spacial score (nSPS) is 11.8. The van der Waals surface area contributed by atoms with E-state index in [0.717, 1.165) is 22.6 Å². The molecule has 0 atom stereocenters. The van der Waals surface area contributed by atoms with Crippen molar-refractivity contribution in [2.24, 2.45) is 0 Å². The summed E-state index contributed by atoms with van der Waals surface area (Å²) in [5.41, 5.74) is 6.23. The molecule has 2 rings (SSSR count). The molecule has 0 aliphatic rings. The predicted octanol–water partition coefficient (Wildman–Crippen LogP) is 3.02. The van der Waals surface area contributed by atoms with E-state index in [2.05, 4.69) is 20.7 Å². The summed E-state index contributed by atoms with van der Waals surface area (Å²) in [5, 5.41) is 1.89. The van der Waals surface area contributed by atoms with Crippen molar-refractivity contribution >= 4 is 43.0 Å². The van der Waals surface area contributed by atoms with E-state index in [-0.39, 0.29) is 21.6 Å². The number of nitrogens with one attached hydrogen (secondary N) is 1. The van der Waals surface area contributed by atoms with Crippen LogP contribution >= 0.6 is 27.3 Å². The topological polar surface area (TPSA) is 72.2 Å². The minimum Gasteiger partial charge on any atom is -0.396 e. The van der Waals surface area contributed by atoms with E-state index >= 15 is 0 Å². The van der Waals surface area contributed by atoms with E-state index in [4.69, 9.17) is 5.73 Å². The van der Waals surface area contributed by atoms with E-state index < -0.39 is 15.8 Å². The van der Waals surface area contributed by atoms with Crippen molar-refractivity contribution in [3.05, 3.63) is 44.3 Å². The maximum atomic E-state index is 13.2. The van der Waals surface area contributed by atoms with Crippen LogP contribution in [-0.2, 0) is 16.6 Å². The first-order chi connectivity index (χ1) is 9.31. The van der Waals surface area contributed by atoms with Crippen LogP contribution in [0, 0.1) is 12.7 Å². The largest absolute Gasteiger partial charge is 0.396 e. The molecule has 0 bridgehead atoms. The van der Waals surface area contributed by atoms with Gasteiger partial charge in [-0.25, -0.2) is 17.5 Å². The summed E-state index contributed by atoms with van der Waals surface area (Å²) in [6.07, 6.45) is 0. The first-order valence-corrected chi connectivity index (χ1v) is 8.74. The number of hydrogen-bond acceptors (Lipinski definition) is 4. The number of aryl methyl sites for hydroxylation is 1. The highest BCUT2D eigenvalue weighted by atomic mass is 79.9. The third-order valence-corrected chi connectivity index (χ3v) is 6.11. The Balaban J connectivity index is 2.27. The first kappa shape index (κ1) is 15.4. The van der Waals surface area contributed by atoms with Crippen LogP contribution in [0.5, 0.6) is 0 Å². The summed E-state index contributed by atoms with van der Waals surface area (Å²) in [6.45, 7) is 2.10. The summed E-state index contributed by atoms with van der Waals surface area (Å²) in [6, 6.07) is 4.06. The number of rotatable bonds is 4. The van der Waals surface area contributed by atoms with E-state index in [1.807, 2.05) is 18.4 Å². The molecule has 0 aliphatic carbocycles. The lowest BCUT2D eigenvalue weighted by atomic mass is 10.3. The SMILES string of the molecule is Cc1ccsc1CNS(=O)(=O)c1cc(N)c(F)cc1Br. The number of benzene rings is 1. The molecule has 8 heteroatoms. The number of nitrogens with two attached hydrogens (primary N) is 1. The lowest BCUT2D eigenvalue weighted by Gasteiger charge is -2.09. The Morgan fingerprint density at radius 2 is 2.15 bits per heavy atom. The van der Waals surface area contributed by atoms with Crippen molar-refractivity contribution in [1.29, 1.82) is 0 Å². The van der Waals surface area contributed by atoms with Gasteiger partial charge in [-0.3, -0.25) is 0 Å². The second-order valence-electron chi connectivity index (χ2n) is 4.16. The zero-order chi connectivity index (χ0) is 14.9. The number of anilines is 1. The van der Waals surface area contributed by atoms with Crippen LogP contribution in [0.25, 0.3) is 0 Å². The molecule has 0 radical (unpaired) electrons. The highest BCUT2D eigenvalue weighted by Gasteiger charge is 2.20. The Labute approximate surface area is 129 Å². The van der Waals surface area contributed by atoms with E-state index in [1.54, 1.807) is 0 Å². The van der Waals surface area contributed by atoms with Gasteiger partial charge in [0.05, 0.1) is 10.6 Å². The van der Waals surface area contributed by atoms with Crippen molar-refractivity contribution in [2.75, 3.05) is 5.73 Å². The van der Waals surface area contributed by atoms with Gasteiger partial charge in [0.25, 0.3) is 0 Å². The standard InChI is InChI=1S/C12H12BrFN2O2S2/c1-7-2-3-19-11(7)6-16-20(17,18)12-5-10(15)9(14)4-8(12)13/h2-5,16H,6,15H2,1H3. The van der Waals surface area contributed by atoms with Crippen LogP contribution in [0.1, 0.15) is 10.4 Å². The summed E-state index contributed by atoms with van der Waals surface area (Å²) in [4.78, 5) is 0.852. The Hall–Kier alpha value is -0.960. The van der Waals surface area contributed by atoms with Crippen LogP contribution in [0.3, 0.4) is 0 Å². The molecule has 4 nitrogen and oxygen atoms in total. The highest BCUT2D eigenvalue weighted by molar-refractivity contribution is 9.10. The van der Waals surface area contributed by atoms with Gasteiger partial charge in [-0.1, -0.05) is 0 Å². The monoisotopic (exact) mass is 378 g/mol. The molecule has 0 amide bonds. The van der Waals surface area contributed by atoms with Crippen LogP contribution in [-0.4, -0.2) is 8.42 Å². The van der Waals surface area contributed by atoms with Gasteiger partial charge < -0.3 is 5.73 Å². The lowest BCUT2D eigenvalue weighted by molar-refractivity contribution is 0.580. The Morgan fingerprint density at radius 1 is 1.45 bits per heavy atom. The van der Waals surface area contributed by atoms with Crippen molar-refractivity contribution in [2.45, 2.75) is 18.4 Å². The molecule has 0 spiro atoms. The zero-order valence-corrected chi connectivity index (χ0v) is 13.7. The number of thiophene rings is 1. The van der Waals surface area contributed by atoms with Gasteiger partial charge in [0.15, 0.2) is 0 Å². The smallest absolute Gasteiger partial charge is 0.242 e. The summed E-state index contributed by atoms with van der Waals surface area (Å²) >= 11 is 4.51. The highest BCUT2D eigenvalue weighted by Crippen LogP contribution is 2.27. The van der Waals surface area contributed by atoms with Crippen molar-refractivity contribution in [3.8, 4) is 0 Å². The fraction of sp³-hybridized carbons (Fsp3) is 0.167. The van der Waals surface area contributed by atoms with Gasteiger partial charge in [-0.05, 0) is 52.0 Å². The molecule has 0 saturated carbocycles. The van der Waals surface area contributed by atoms with E-state index in [1.165, 1.54) is 11.3 Å². The van der Waals surface area contributed by atoms with E-state index in [9.17, 15) is 12.8 Å². The fourth-order valence-electron chi connectivity index (χ4n) is 1.57. The average molecular weight is 379 g/mol. The third-order valence-electron chi connectivity index (χ3n) is 2.73. The Morgan fingerprint density at radius 3 is 2.75 bits per heavy atom. The minimum absolute atomic E-state index is 0.0781. The molecule has 2 aromatic rings. The van der Waals surface area contributed by atoms with Gasteiger partial charge in [0.1, 0.15) is 5.82 Å². The number of nitrogen functional groups attached to an aromatic ring is 1. The summed E-state index contributed by atoms with van der Waals surface area (Å²) in [5.74, 6) is -0.662. The van der Waals surface area contributed by atoms with Gasteiger partial charge in [-0.15, -0.1) is 11.3 Å². The van der Waals surface area contributed by atoms with Crippen molar-refractivity contribution in [1.82, 2.24) is 4.72 Å². The predicted molar refractivity (Wildman–Crippen MR) is 81.6 cm³/mol. The van der Waals surface area contributed by atoms with Crippen LogP contribution in [0.15, 0.2) is 32.9 Å². The molecule has 1 aromatic carbocycles. The third kappa shape index (κ3) is 3.20. The maximum absolute atomic E-state index is 13.2. The van der Waals surface area contributed by atoms with Crippen LogP contribution < -0.4 is 10.5 Å². The Kier molecular flexibility index (Phi) is 4.48. The minimum atomic E-state index is -3.76. The molecular weight excluding hydrogens is 367 g/mol. The van der Waals surface area contributed by atoms with Gasteiger partial charge in [0, 0.05) is 15.9 Å². The fourth-order valence-corrected chi connectivity index (χ4v) is 4.55. The number of sulfonamides is 1. The molecule has 0 unspecified atom stereocenters. The van der Waals surface area contributed by atoms with Crippen LogP contribution in [0.4, 0.5) is 10.1 Å². The molecule has 1 heterocycles. The molecule has 20 heavy (non-hydrogen) atoms. The second kappa shape index (κ2) is 5.80. The molecule has 3 N–H and O–H groups in total. The molecule has 0 aliphatic heterocycles. The zero-order valence-electron chi connectivity index (χ0n) is 10.5. The van der Waals surface area contributed by atoms with Crippen molar-refractivity contribution in [3.63, 3.8) is 0 Å². The molecule has 0 fully saturated rings. The van der Waals surface area contributed by atoms with Gasteiger partial charge >= 0.3 is 0 Å². The van der Waals surface area contributed by atoms with E-state index in [0.29, 0.717) is 0 Å². The van der Waals surface area contributed by atoms with Crippen LogP contribution in [0.2, 0.25) is 0 Å². The number of hydrogen-bond donors (Lipinski definition) is 2. The quantitative estimate of drug-likeness (QED) is 0.803. The summed E-state index contributed by atoms with van der Waals surface area (Å²) in [7, 11) is -3.76. The number of halogens is 2.